The van der Waals surface area contributed by atoms with Crippen molar-refractivity contribution in [1.82, 2.24) is 24.7 Å². The van der Waals surface area contributed by atoms with Crippen LogP contribution in [-0.2, 0) is 18.9 Å². The van der Waals surface area contributed by atoms with Crippen LogP contribution in [0.15, 0.2) is 34.9 Å². The first-order valence-electron chi connectivity index (χ1n) is 7.33. The minimum absolute atomic E-state index is 0.0892. The predicted molar refractivity (Wildman–Crippen MR) is 91.1 cm³/mol. The molecule has 0 fully saturated rings. The van der Waals surface area contributed by atoms with E-state index in [0.29, 0.717) is 5.82 Å². The number of thioether (sulfide) groups is 1. The summed E-state index contributed by atoms with van der Waals surface area (Å²) in [6.07, 6.45) is 2.74. The number of nitrogens with zero attached hydrogens (tertiary/aromatic N) is 5. The monoisotopic (exact) mass is 347 g/mol. The SMILES string of the molecule is CCCn1c(CO)nnc1SCc1csc(-c2ccccn2)n1. The normalized spacial score (nSPS) is 11.0. The first-order valence-corrected chi connectivity index (χ1v) is 9.20. The Kier molecular flexibility index (Phi) is 5.37. The molecule has 3 rings (SSSR count). The van der Waals surface area contributed by atoms with Crippen LogP contribution in [0.25, 0.3) is 10.7 Å². The maximum Gasteiger partial charge on any atom is 0.191 e. The molecule has 3 heterocycles. The number of pyridine rings is 1. The molecule has 0 amide bonds. The lowest BCUT2D eigenvalue weighted by molar-refractivity contribution is 0.263. The van der Waals surface area contributed by atoms with Crippen LogP contribution in [0.5, 0.6) is 0 Å². The van der Waals surface area contributed by atoms with Crippen molar-refractivity contribution in [3.8, 4) is 10.7 Å². The molecule has 0 aliphatic carbocycles. The molecule has 0 saturated heterocycles. The third kappa shape index (κ3) is 3.77. The number of thiazole rings is 1. The Morgan fingerprint density at radius 2 is 2.22 bits per heavy atom. The molecular formula is C15H17N5OS2. The minimum atomic E-state index is -0.0892. The molecule has 0 unspecified atom stereocenters. The lowest BCUT2D eigenvalue weighted by atomic mass is 10.4. The molecule has 0 aliphatic rings. The van der Waals surface area contributed by atoms with Crippen LogP contribution in [0.3, 0.4) is 0 Å². The van der Waals surface area contributed by atoms with Crippen LogP contribution in [0.2, 0.25) is 0 Å². The van der Waals surface area contributed by atoms with Gasteiger partial charge < -0.3 is 9.67 Å². The summed E-state index contributed by atoms with van der Waals surface area (Å²) in [6.45, 7) is 2.81. The van der Waals surface area contributed by atoms with Gasteiger partial charge in [-0.05, 0) is 18.6 Å². The Bertz CT molecular complexity index is 756. The highest BCUT2D eigenvalue weighted by Crippen LogP contribution is 2.26. The van der Waals surface area contributed by atoms with E-state index in [1.807, 2.05) is 28.1 Å². The van der Waals surface area contributed by atoms with Gasteiger partial charge in [-0.2, -0.15) is 0 Å². The van der Waals surface area contributed by atoms with E-state index >= 15 is 0 Å². The number of aliphatic hydroxyl groups is 1. The lowest BCUT2D eigenvalue weighted by Crippen LogP contribution is -2.04. The number of aliphatic hydroxyl groups excluding tert-OH is 1. The second-order valence-electron chi connectivity index (χ2n) is 4.86. The molecule has 23 heavy (non-hydrogen) atoms. The molecule has 0 atom stereocenters. The van der Waals surface area contributed by atoms with Gasteiger partial charge in [-0.25, -0.2) is 4.98 Å². The Balaban J connectivity index is 1.70. The van der Waals surface area contributed by atoms with E-state index in [2.05, 4.69) is 27.1 Å². The van der Waals surface area contributed by atoms with Crippen molar-refractivity contribution in [2.24, 2.45) is 0 Å². The zero-order chi connectivity index (χ0) is 16.1. The predicted octanol–water partition coefficient (Wildman–Crippen LogP) is 2.99. The van der Waals surface area contributed by atoms with Crippen molar-refractivity contribution in [2.75, 3.05) is 0 Å². The van der Waals surface area contributed by atoms with Gasteiger partial charge in [-0.3, -0.25) is 4.98 Å². The number of hydrogen-bond acceptors (Lipinski definition) is 7. The van der Waals surface area contributed by atoms with E-state index < -0.39 is 0 Å². The standard InChI is InChI=1S/C15H17N5OS2/c1-2-7-20-13(8-21)18-19-15(20)23-10-11-9-22-14(17-11)12-5-3-4-6-16-12/h3-6,9,21H,2,7-8,10H2,1H3. The molecule has 0 radical (unpaired) electrons. The van der Waals surface area contributed by atoms with E-state index in [1.165, 1.54) is 0 Å². The highest BCUT2D eigenvalue weighted by Gasteiger charge is 2.12. The molecule has 1 N–H and O–H groups in total. The van der Waals surface area contributed by atoms with E-state index in [9.17, 15) is 5.11 Å². The second kappa shape index (κ2) is 7.67. The first-order chi connectivity index (χ1) is 11.3. The van der Waals surface area contributed by atoms with Crippen molar-refractivity contribution in [3.63, 3.8) is 0 Å². The van der Waals surface area contributed by atoms with Crippen LogP contribution in [0.1, 0.15) is 24.9 Å². The first kappa shape index (κ1) is 16.1. The molecule has 0 bridgehead atoms. The van der Waals surface area contributed by atoms with Gasteiger partial charge in [-0.1, -0.05) is 24.8 Å². The molecule has 8 heteroatoms. The molecule has 3 aromatic heterocycles. The Morgan fingerprint density at radius 3 is 2.96 bits per heavy atom. The number of hydrogen-bond donors (Lipinski definition) is 1. The van der Waals surface area contributed by atoms with E-state index in [1.54, 1.807) is 29.3 Å². The lowest BCUT2D eigenvalue weighted by Gasteiger charge is -2.06. The van der Waals surface area contributed by atoms with Gasteiger partial charge in [0.05, 0.1) is 11.4 Å². The third-order valence-electron chi connectivity index (χ3n) is 3.17. The van der Waals surface area contributed by atoms with Crippen LogP contribution < -0.4 is 0 Å². The summed E-state index contributed by atoms with van der Waals surface area (Å²) in [6, 6.07) is 5.82. The van der Waals surface area contributed by atoms with Gasteiger partial charge in [0.1, 0.15) is 11.6 Å². The average molecular weight is 347 g/mol. The van der Waals surface area contributed by atoms with E-state index in [-0.39, 0.29) is 6.61 Å². The maximum atomic E-state index is 9.32. The van der Waals surface area contributed by atoms with Crippen LogP contribution in [0, 0.1) is 0 Å². The number of aromatic nitrogens is 5. The van der Waals surface area contributed by atoms with Gasteiger partial charge in [0.15, 0.2) is 11.0 Å². The van der Waals surface area contributed by atoms with Gasteiger partial charge >= 0.3 is 0 Å². The van der Waals surface area contributed by atoms with Crippen LogP contribution in [0.4, 0.5) is 0 Å². The minimum Gasteiger partial charge on any atom is -0.388 e. The zero-order valence-electron chi connectivity index (χ0n) is 12.7. The maximum absolute atomic E-state index is 9.32. The van der Waals surface area contributed by atoms with Gasteiger partial charge in [-0.15, -0.1) is 21.5 Å². The molecule has 0 aromatic carbocycles. The number of rotatable bonds is 7. The highest BCUT2D eigenvalue weighted by molar-refractivity contribution is 7.98. The van der Waals surface area contributed by atoms with Gasteiger partial charge in [0.2, 0.25) is 0 Å². The molecule has 0 aliphatic heterocycles. The van der Waals surface area contributed by atoms with Crippen molar-refractivity contribution < 1.29 is 5.11 Å². The van der Waals surface area contributed by atoms with E-state index in [4.69, 9.17) is 0 Å². The average Bonchev–Trinajstić information content (AvgIpc) is 3.21. The molecule has 3 aromatic rings. The van der Waals surface area contributed by atoms with Crippen molar-refractivity contribution in [3.05, 3.63) is 41.3 Å². The van der Waals surface area contributed by atoms with Gasteiger partial charge in [0.25, 0.3) is 0 Å². The molecule has 0 spiro atoms. The summed E-state index contributed by atoms with van der Waals surface area (Å²) in [5, 5.41) is 21.3. The summed E-state index contributed by atoms with van der Waals surface area (Å²) in [5.41, 5.74) is 1.89. The fraction of sp³-hybridized carbons (Fsp3) is 0.333. The van der Waals surface area contributed by atoms with E-state index in [0.717, 1.165) is 40.3 Å². The summed E-state index contributed by atoms with van der Waals surface area (Å²) in [5.74, 6) is 1.33. The molecular weight excluding hydrogens is 330 g/mol. The third-order valence-corrected chi connectivity index (χ3v) is 5.08. The van der Waals surface area contributed by atoms with Crippen molar-refractivity contribution >= 4 is 23.1 Å². The fourth-order valence-corrected chi connectivity index (χ4v) is 3.89. The summed E-state index contributed by atoms with van der Waals surface area (Å²) >= 11 is 3.18. The Labute approximate surface area is 142 Å². The second-order valence-corrected chi connectivity index (χ2v) is 6.66. The Hall–Kier alpha value is -1.77. The summed E-state index contributed by atoms with van der Waals surface area (Å²) in [7, 11) is 0. The van der Waals surface area contributed by atoms with Gasteiger partial charge in [0, 0.05) is 23.9 Å². The van der Waals surface area contributed by atoms with Crippen molar-refractivity contribution in [2.45, 2.75) is 37.4 Å². The fourth-order valence-electron chi connectivity index (χ4n) is 2.11. The van der Waals surface area contributed by atoms with Crippen molar-refractivity contribution in [1.29, 1.82) is 0 Å². The summed E-state index contributed by atoms with van der Waals surface area (Å²) in [4.78, 5) is 8.95. The zero-order valence-corrected chi connectivity index (χ0v) is 14.3. The summed E-state index contributed by atoms with van der Waals surface area (Å²) < 4.78 is 1.97. The molecule has 120 valence electrons. The smallest absolute Gasteiger partial charge is 0.191 e. The molecule has 6 nitrogen and oxygen atoms in total. The quantitative estimate of drug-likeness (QED) is 0.662. The topological polar surface area (TPSA) is 76.7 Å². The van der Waals surface area contributed by atoms with Crippen LogP contribution in [-0.4, -0.2) is 29.8 Å². The van der Waals surface area contributed by atoms with Crippen LogP contribution >= 0.6 is 23.1 Å². The largest absolute Gasteiger partial charge is 0.388 e. The Morgan fingerprint density at radius 1 is 1.30 bits per heavy atom. The highest BCUT2D eigenvalue weighted by atomic mass is 32.2. The molecule has 0 saturated carbocycles.